The number of hydrogen-bond donors (Lipinski definition) is 1. The minimum absolute atomic E-state index is 0.126. The first-order valence-electron chi connectivity index (χ1n) is 11.0. The fourth-order valence-electron chi connectivity index (χ4n) is 3.84. The number of rotatable bonds is 8. The lowest BCUT2D eigenvalue weighted by molar-refractivity contribution is 0.205. The van der Waals surface area contributed by atoms with Crippen LogP contribution in [0.3, 0.4) is 0 Å². The van der Waals surface area contributed by atoms with E-state index in [-0.39, 0.29) is 6.03 Å². The van der Waals surface area contributed by atoms with E-state index in [0.717, 1.165) is 33.8 Å². The van der Waals surface area contributed by atoms with E-state index in [0.29, 0.717) is 19.6 Å². The Morgan fingerprint density at radius 2 is 1.67 bits per heavy atom. The first-order chi connectivity index (χ1) is 16.1. The van der Waals surface area contributed by atoms with Crippen LogP contribution in [0.15, 0.2) is 97.2 Å². The summed E-state index contributed by atoms with van der Waals surface area (Å²) in [6.45, 7) is 3.73. The lowest BCUT2D eigenvalue weighted by Crippen LogP contribution is -2.34. The van der Waals surface area contributed by atoms with Gasteiger partial charge in [0.15, 0.2) is 0 Å². The van der Waals surface area contributed by atoms with Gasteiger partial charge in [0.05, 0.1) is 13.7 Å². The van der Waals surface area contributed by atoms with Crippen LogP contribution in [0.2, 0.25) is 0 Å². The van der Waals surface area contributed by atoms with Crippen molar-refractivity contribution in [2.75, 3.05) is 12.4 Å². The third-order valence-corrected chi connectivity index (χ3v) is 5.54. The van der Waals surface area contributed by atoms with Gasteiger partial charge in [-0.15, -0.1) is 0 Å². The van der Waals surface area contributed by atoms with Gasteiger partial charge in [-0.3, -0.25) is 0 Å². The standard InChI is InChI=1S/C28H29N3O2/c1-22-9-6-13-25(17-22)29-28(32)31(19-23-10-4-3-5-11-23)21-26-14-8-16-30(26)20-24-12-7-15-27(18-24)33-2/h3-18H,19-21H2,1-2H3,(H,29,32). The van der Waals surface area contributed by atoms with E-state index in [1.807, 2.05) is 96.9 Å². The topological polar surface area (TPSA) is 46.5 Å². The number of hydrogen-bond acceptors (Lipinski definition) is 2. The van der Waals surface area contributed by atoms with Crippen molar-refractivity contribution < 1.29 is 9.53 Å². The minimum Gasteiger partial charge on any atom is -0.497 e. The van der Waals surface area contributed by atoms with Crippen LogP contribution in [0.1, 0.15) is 22.4 Å². The number of benzene rings is 3. The fraction of sp³-hybridized carbons (Fsp3) is 0.179. The summed E-state index contributed by atoms with van der Waals surface area (Å²) in [6.07, 6.45) is 2.05. The molecule has 0 unspecified atom stereocenters. The Hall–Kier alpha value is -3.99. The minimum atomic E-state index is -0.126. The van der Waals surface area contributed by atoms with Gasteiger partial charge >= 0.3 is 6.03 Å². The van der Waals surface area contributed by atoms with Crippen LogP contribution in [0.25, 0.3) is 0 Å². The number of aryl methyl sites for hydroxylation is 1. The molecule has 4 aromatic rings. The largest absolute Gasteiger partial charge is 0.497 e. The summed E-state index contributed by atoms with van der Waals surface area (Å²) in [6, 6.07) is 29.9. The SMILES string of the molecule is COc1cccc(Cn2cccc2CN(Cc2ccccc2)C(=O)Nc2cccc(C)c2)c1. The molecule has 0 aliphatic heterocycles. The Morgan fingerprint density at radius 1 is 0.879 bits per heavy atom. The molecule has 5 nitrogen and oxygen atoms in total. The van der Waals surface area contributed by atoms with Gasteiger partial charge in [-0.05, 0) is 60.0 Å². The molecular formula is C28H29N3O2. The Balaban J connectivity index is 1.55. The van der Waals surface area contributed by atoms with E-state index in [2.05, 4.69) is 22.0 Å². The van der Waals surface area contributed by atoms with Crippen molar-refractivity contribution in [2.24, 2.45) is 0 Å². The number of carbonyl (C=O) groups excluding carboxylic acids is 1. The zero-order valence-electron chi connectivity index (χ0n) is 19.1. The maximum atomic E-state index is 13.3. The number of nitrogens with zero attached hydrogens (tertiary/aromatic N) is 2. The predicted octanol–water partition coefficient (Wildman–Crippen LogP) is 6.09. The van der Waals surface area contributed by atoms with Gasteiger partial charge in [0, 0.05) is 30.7 Å². The molecule has 0 atom stereocenters. The monoisotopic (exact) mass is 439 g/mol. The Morgan fingerprint density at radius 3 is 2.45 bits per heavy atom. The fourth-order valence-corrected chi connectivity index (χ4v) is 3.84. The predicted molar refractivity (Wildman–Crippen MR) is 132 cm³/mol. The smallest absolute Gasteiger partial charge is 0.322 e. The van der Waals surface area contributed by atoms with Gasteiger partial charge in [-0.25, -0.2) is 4.79 Å². The molecule has 2 amide bonds. The maximum absolute atomic E-state index is 13.3. The van der Waals surface area contributed by atoms with Gasteiger partial charge in [-0.1, -0.05) is 54.6 Å². The van der Waals surface area contributed by atoms with Crippen molar-refractivity contribution in [1.29, 1.82) is 0 Å². The van der Waals surface area contributed by atoms with Crippen molar-refractivity contribution in [3.05, 3.63) is 120 Å². The average molecular weight is 440 g/mol. The highest BCUT2D eigenvalue weighted by atomic mass is 16.5. The zero-order valence-corrected chi connectivity index (χ0v) is 19.1. The molecule has 0 saturated carbocycles. The molecule has 0 spiro atoms. The highest BCUT2D eigenvalue weighted by Crippen LogP contribution is 2.18. The molecule has 4 rings (SSSR count). The number of carbonyl (C=O) groups is 1. The van der Waals surface area contributed by atoms with E-state index < -0.39 is 0 Å². The van der Waals surface area contributed by atoms with Crippen molar-refractivity contribution in [3.8, 4) is 5.75 Å². The molecule has 3 aromatic carbocycles. The second kappa shape index (κ2) is 10.6. The highest BCUT2D eigenvalue weighted by molar-refractivity contribution is 5.89. The second-order valence-electron chi connectivity index (χ2n) is 8.12. The number of nitrogens with one attached hydrogen (secondary N) is 1. The van der Waals surface area contributed by atoms with Crippen LogP contribution in [0.4, 0.5) is 10.5 Å². The van der Waals surface area contributed by atoms with Crippen LogP contribution >= 0.6 is 0 Å². The maximum Gasteiger partial charge on any atom is 0.322 e. The highest BCUT2D eigenvalue weighted by Gasteiger charge is 2.17. The average Bonchev–Trinajstić information content (AvgIpc) is 3.26. The van der Waals surface area contributed by atoms with Gasteiger partial charge in [-0.2, -0.15) is 0 Å². The van der Waals surface area contributed by atoms with Gasteiger partial charge in [0.1, 0.15) is 5.75 Å². The molecule has 0 aliphatic carbocycles. The molecule has 0 fully saturated rings. The van der Waals surface area contributed by atoms with E-state index in [9.17, 15) is 4.79 Å². The molecule has 0 bridgehead atoms. The molecule has 1 heterocycles. The first kappa shape index (κ1) is 22.2. The van der Waals surface area contributed by atoms with Crippen molar-refractivity contribution in [3.63, 3.8) is 0 Å². The van der Waals surface area contributed by atoms with Gasteiger partial charge in [0.25, 0.3) is 0 Å². The molecule has 168 valence electrons. The van der Waals surface area contributed by atoms with Crippen LogP contribution < -0.4 is 10.1 Å². The van der Waals surface area contributed by atoms with Crippen molar-refractivity contribution in [2.45, 2.75) is 26.6 Å². The molecular weight excluding hydrogens is 410 g/mol. The van der Waals surface area contributed by atoms with Crippen molar-refractivity contribution in [1.82, 2.24) is 9.47 Å². The number of urea groups is 1. The summed E-state index contributed by atoms with van der Waals surface area (Å²) in [7, 11) is 1.68. The summed E-state index contributed by atoms with van der Waals surface area (Å²) < 4.78 is 7.53. The number of methoxy groups -OCH3 is 1. The zero-order chi connectivity index (χ0) is 23.0. The van der Waals surface area contributed by atoms with Crippen LogP contribution in [0.5, 0.6) is 5.75 Å². The Kier molecular flexibility index (Phi) is 7.10. The van der Waals surface area contributed by atoms with Gasteiger partial charge < -0.3 is 19.5 Å². The quantitative estimate of drug-likeness (QED) is 0.361. The Bertz CT molecular complexity index is 1200. The summed E-state index contributed by atoms with van der Waals surface area (Å²) in [5.74, 6) is 0.837. The summed E-state index contributed by atoms with van der Waals surface area (Å²) >= 11 is 0. The van der Waals surface area contributed by atoms with E-state index in [1.165, 1.54) is 0 Å². The summed E-state index contributed by atoms with van der Waals surface area (Å²) in [5, 5.41) is 3.06. The molecule has 0 radical (unpaired) electrons. The lowest BCUT2D eigenvalue weighted by Gasteiger charge is -2.24. The van der Waals surface area contributed by atoms with Crippen molar-refractivity contribution >= 4 is 11.7 Å². The third-order valence-electron chi connectivity index (χ3n) is 5.54. The van der Waals surface area contributed by atoms with Crippen LogP contribution in [0, 0.1) is 6.92 Å². The van der Waals surface area contributed by atoms with E-state index in [1.54, 1.807) is 7.11 Å². The molecule has 0 saturated heterocycles. The molecule has 0 aliphatic rings. The molecule has 33 heavy (non-hydrogen) atoms. The van der Waals surface area contributed by atoms with Crippen LogP contribution in [-0.2, 0) is 19.6 Å². The number of amides is 2. The van der Waals surface area contributed by atoms with Crippen LogP contribution in [-0.4, -0.2) is 22.6 Å². The summed E-state index contributed by atoms with van der Waals surface area (Å²) in [5.41, 5.74) is 5.20. The normalized spacial score (nSPS) is 10.6. The molecule has 1 aromatic heterocycles. The van der Waals surface area contributed by atoms with E-state index >= 15 is 0 Å². The molecule has 1 N–H and O–H groups in total. The number of anilines is 1. The van der Waals surface area contributed by atoms with Gasteiger partial charge in [0.2, 0.25) is 0 Å². The Labute approximate surface area is 195 Å². The summed E-state index contributed by atoms with van der Waals surface area (Å²) in [4.78, 5) is 15.1. The lowest BCUT2D eigenvalue weighted by atomic mass is 10.2. The second-order valence-corrected chi connectivity index (χ2v) is 8.12. The first-order valence-corrected chi connectivity index (χ1v) is 11.0. The number of aromatic nitrogens is 1. The molecule has 5 heteroatoms. The van der Waals surface area contributed by atoms with E-state index in [4.69, 9.17) is 4.74 Å². The third kappa shape index (κ3) is 6.04. The number of ether oxygens (including phenoxy) is 1.